The van der Waals surface area contributed by atoms with Crippen LogP contribution in [0.25, 0.3) is 0 Å². The Kier molecular flexibility index (Phi) is 4.67. The lowest BCUT2D eigenvalue weighted by molar-refractivity contribution is -0.123. The van der Waals surface area contributed by atoms with Crippen molar-refractivity contribution in [2.24, 2.45) is 16.3 Å². The number of nitrogens with two attached hydrogens (primary N) is 1. The van der Waals surface area contributed by atoms with Gasteiger partial charge in [-0.15, -0.1) is 0 Å². The fourth-order valence-electron chi connectivity index (χ4n) is 2.69. The van der Waals surface area contributed by atoms with Crippen molar-refractivity contribution >= 4 is 29.0 Å². The molecule has 0 heterocycles. The van der Waals surface area contributed by atoms with Crippen molar-refractivity contribution in [1.82, 2.24) is 0 Å². The summed E-state index contributed by atoms with van der Waals surface area (Å²) in [5, 5.41) is 14.8. The number of benzene rings is 1. The molecular formula is C14H17ClFN3O2. The lowest BCUT2D eigenvalue weighted by Gasteiger charge is -2.34. The molecule has 0 saturated heterocycles. The smallest absolute Gasteiger partial charge is 0.238 e. The Labute approximate surface area is 127 Å². The van der Waals surface area contributed by atoms with Gasteiger partial charge in [0.25, 0.3) is 0 Å². The first kappa shape index (κ1) is 15.6. The first-order valence-corrected chi connectivity index (χ1v) is 7.12. The van der Waals surface area contributed by atoms with E-state index in [0.29, 0.717) is 17.9 Å². The Bertz CT molecular complexity index is 571. The summed E-state index contributed by atoms with van der Waals surface area (Å²) in [6, 6.07) is 3.90. The topological polar surface area (TPSA) is 87.7 Å². The monoisotopic (exact) mass is 313 g/mol. The number of hydrogen-bond donors (Lipinski definition) is 3. The molecule has 0 aliphatic heterocycles. The van der Waals surface area contributed by atoms with Crippen molar-refractivity contribution in [3.63, 3.8) is 0 Å². The van der Waals surface area contributed by atoms with Crippen LogP contribution in [0.4, 0.5) is 10.1 Å². The summed E-state index contributed by atoms with van der Waals surface area (Å²) in [7, 11) is 0. The largest absolute Gasteiger partial charge is 0.409 e. The second kappa shape index (κ2) is 6.30. The molecule has 1 aromatic carbocycles. The number of amides is 1. The molecule has 2 rings (SSSR count). The van der Waals surface area contributed by atoms with Crippen molar-refractivity contribution in [2.75, 3.05) is 5.32 Å². The van der Waals surface area contributed by atoms with Crippen LogP contribution >= 0.6 is 11.6 Å². The van der Waals surface area contributed by atoms with Gasteiger partial charge in [0.1, 0.15) is 11.2 Å². The predicted octanol–water partition coefficient (Wildman–Crippen LogP) is 3.11. The Morgan fingerprint density at radius 2 is 2.05 bits per heavy atom. The molecule has 1 amide bonds. The van der Waals surface area contributed by atoms with Crippen LogP contribution in [0.2, 0.25) is 5.02 Å². The van der Waals surface area contributed by atoms with Crippen molar-refractivity contribution in [3.05, 3.63) is 29.0 Å². The fraction of sp³-hybridized carbons (Fsp3) is 0.429. The maximum Gasteiger partial charge on any atom is 0.238 e. The third-order valence-electron chi connectivity index (χ3n) is 3.92. The molecule has 5 nitrogen and oxygen atoms in total. The normalized spacial score (nSPS) is 18.3. The highest BCUT2D eigenvalue weighted by Crippen LogP contribution is 2.38. The first-order valence-electron chi connectivity index (χ1n) is 6.74. The minimum absolute atomic E-state index is 0.0109. The van der Waals surface area contributed by atoms with E-state index in [0.717, 1.165) is 19.3 Å². The van der Waals surface area contributed by atoms with Crippen LogP contribution in [0.1, 0.15) is 32.1 Å². The molecular weight excluding hydrogens is 297 g/mol. The number of nitrogens with zero attached hydrogens (tertiary/aromatic N) is 1. The van der Waals surface area contributed by atoms with E-state index >= 15 is 0 Å². The number of oxime groups is 1. The Morgan fingerprint density at radius 3 is 2.67 bits per heavy atom. The summed E-state index contributed by atoms with van der Waals surface area (Å²) in [5.41, 5.74) is 4.62. The summed E-state index contributed by atoms with van der Waals surface area (Å²) in [6.07, 6.45) is 3.51. The van der Waals surface area contributed by atoms with Gasteiger partial charge in [0.05, 0.1) is 5.69 Å². The van der Waals surface area contributed by atoms with Gasteiger partial charge in [-0.05, 0) is 31.0 Å². The number of nitrogens with one attached hydrogen (secondary N) is 1. The Hall–Kier alpha value is -1.82. The number of rotatable bonds is 3. The standard InChI is InChI=1S/C14H17ClFN3O2/c15-9-4-5-10(16)11(8-9)18-13(20)14(12(17)19-21)6-2-1-3-7-14/h4-5,8,21H,1-3,6-7H2,(H2,17,19)(H,18,20). The van der Waals surface area contributed by atoms with Gasteiger partial charge in [-0.25, -0.2) is 4.39 Å². The zero-order valence-corrected chi connectivity index (χ0v) is 12.2. The van der Waals surface area contributed by atoms with Crippen LogP contribution in [0, 0.1) is 11.2 Å². The molecule has 4 N–H and O–H groups in total. The van der Waals surface area contributed by atoms with E-state index in [1.807, 2.05) is 0 Å². The number of halogens is 2. The number of anilines is 1. The van der Waals surface area contributed by atoms with Crippen molar-refractivity contribution in [1.29, 1.82) is 0 Å². The van der Waals surface area contributed by atoms with Gasteiger partial charge in [0.2, 0.25) is 5.91 Å². The maximum absolute atomic E-state index is 13.7. The van der Waals surface area contributed by atoms with Crippen LogP contribution in [0.5, 0.6) is 0 Å². The van der Waals surface area contributed by atoms with Gasteiger partial charge in [-0.2, -0.15) is 0 Å². The molecule has 0 spiro atoms. The highest BCUT2D eigenvalue weighted by atomic mass is 35.5. The van der Waals surface area contributed by atoms with E-state index in [-0.39, 0.29) is 11.5 Å². The highest BCUT2D eigenvalue weighted by Gasteiger charge is 2.44. The van der Waals surface area contributed by atoms with Crippen LogP contribution in [-0.4, -0.2) is 17.0 Å². The fourth-order valence-corrected chi connectivity index (χ4v) is 2.86. The lowest BCUT2D eigenvalue weighted by atomic mass is 9.72. The molecule has 1 aromatic rings. The van der Waals surface area contributed by atoms with Gasteiger partial charge in [-0.3, -0.25) is 4.79 Å². The quantitative estimate of drug-likeness (QED) is 0.347. The molecule has 1 aliphatic carbocycles. The van der Waals surface area contributed by atoms with E-state index in [2.05, 4.69) is 10.5 Å². The minimum Gasteiger partial charge on any atom is -0.409 e. The summed E-state index contributed by atoms with van der Waals surface area (Å²) in [6.45, 7) is 0. The summed E-state index contributed by atoms with van der Waals surface area (Å²) < 4.78 is 13.7. The van der Waals surface area contributed by atoms with Crippen LogP contribution in [-0.2, 0) is 4.79 Å². The highest BCUT2D eigenvalue weighted by molar-refractivity contribution is 6.31. The Morgan fingerprint density at radius 1 is 1.38 bits per heavy atom. The SMILES string of the molecule is NC(=NO)C1(C(=O)Nc2cc(Cl)ccc2F)CCCCC1. The second-order valence-corrected chi connectivity index (χ2v) is 5.64. The maximum atomic E-state index is 13.7. The lowest BCUT2D eigenvalue weighted by Crippen LogP contribution is -2.48. The molecule has 21 heavy (non-hydrogen) atoms. The van der Waals surface area contributed by atoms with Gasteiger partial charge in [-0.1, -0.05) is 36.0 Å². The van der Waals surface area contributed by atoms with Crippen LogP contribution in [0.15, 0.2) is 23.4 Å². The number of hydrogen-bond acceptors (Lipinski definition) is 3. The summed E-state index contributed by atoms with van der Waals surface area (Å²) in [5.74, 6) is -1.20. The van der Waals surface area contributed by atoms with Gasteiger partial charge in [0.15, 0.2) is 5.84 Å². The molecule has 1 saturated carbocycles. The first-order chi connectivity index (χ1) is 9.99. The number of amidine groups is 1. The average molecular weight is 314 g/mol. The summed E-state index contributed by atoms with van der Waals surface area (Å²) in [4.78, 5) is 12.6. The van der Waals surface area contributed by atoms with Gasteiger partial charge < -0.3 is 16.3 Å². The average Bonchev–Trinajstić information content (AvgIpc) is 2.50. The van der Waals surface area contributed by atoms with Crippen LogP contribution in [0.3, 0.4) is 0 Å². The third kappa shape index (κ3) is 3.10. The Balaban J connectivity index is 2.29. The molecule has 0 unspecified atom stereocenters. The van der Waals surface area contributed by atoms with E-state index in [4.69, 9.17) is 22.5 Å². The second-order valence-electron chi connectivity index (χ2n) is 5.21. The molecule has 0 atom stereocenters. The van der Waals surface area contributed by atoms with E-state index < -0.39 is 17.1 Å². The summed E-state index contributed by atoms with van der Waals surface area (Å²) >= 11 is 5.80. The predicted molar refractivity (Wildman–Crippen MR) is 79.0 cm³/mol. The zero-order valence-electron chi connectivity index (χ0n) is 11.4. The third-order valence-corrected chi connectivity index (χ3v) is 4.15. The molecule has 0 bridgehead atoms. The van der Waals surface area contributed by atoms with Crippen molar-refractivity contribution in [3.8, 4) is 0 Å². The van der Waals surface area contributed by atoms with E-state index in [1.54, 1.807) is 0 Å². The molecule has 114 valence electrons. The molecule has 1 aliphatic rings. The number of carbonyl (C=O) groups is 1. The van der Waals surface area contributed by atoms with Crippen LogP contribution < -0.4 is 11.1 Å². The van der Waals surface area contributed by atoms with E-state index in [9.17, 15) is 9.18 Å². The van der Waals surface area contributed by atoms with Crippen molar-refractivity contribution < 1.29 is 14.4 Å². The number of carbonyl (C=O) groups excluding carboxylic acids is 1. The molecule has 0 radical (unpaired) electrons. The molecule has 7 heteroatoms. The van der Waals surface area contributed by atoms with Crippen molar-refractivity contribution in [2.45, 2.75) is 32.1 Å². The van der Waals surface area contributed by atoms with E-state index in [1.165, 1.54) is 18.2 Å². The molecule has 1 fully saturated rings. The van der Waals surface area contributed by atoms with Gasteiger partial charge >= 0.3 is 0 Å². The molecule has 0 aromatic heterocycles. The van der Waals surface area contributed by atoms with Gasteiger partial charge in [0, 0.05) is 5.02 Å². The minimum atomic E-state index is -1.10. The zero-order chi connectivity index (χ0) is 15.5.